The van der Waals surface area contributed by atoms with Gasteiger partial charge in [0, 0.05) is 12.6 Å². The van der Waals surface area contributed by atoms with E-state index >= 15 is 0 Å². The fourth-order valence-corrected chi connectivity index (χ4v) is 3.47. The van der Waals surface area contributed by atoms with Gasteiger partial charge in [-0.15, -0.1) is 0 Å². The highest BCUT2D eigenvalue weighted by atomic mass is 32.2. The van der Waals surface area contributed by atoms with Crippen molar-refractivity contribution in [1.29, 1.82) is 0 Å². The van der Waals surface area contributed by atoms with Gasteiger partial charge in [-0.1, -0.05) is 48.9 Å². The molecule has 2 amide bonds. The average molecular weight is 432 g/mol. The molecule has 0 aliphatic heterocycles. The third kappa shape index (κ3) is 6.96. The molecule has 0 heterocycles. The fourth-order valence-electron chi connectivity index (χ4n) is 2.73. The number of para-hydroxylation sites is 1. The highest BCUT2D eigenvalue weighted by Gasteiger charge is 2.22. The minimum Gasteiger partial charge on any atom is -0.350 e. The van der Waals surface area contributed by atoms with Crippen LogP contribution in [-0.2, 0) is 21.4 Å². The van der Waals surface area contributed by atoms with Gasteiger partial charge >= 0.3 is 0 Å². The van der Waals surface area contributed by atoms with Gasteiger partial charge in [-0.3, -0.25) is 9.59 Å². The summed E-state index contributed by atoms with van der Waals surface area (Å²) in [6.45, 7) is 5.54. The van der Waals surface area contributed by atoms with Crippen LogP contribution in [0.15, 0.2) is 48.5 Å². The monoisotopic (exact) mass is 431 g/mol. The van der Waals surface area contributed by atoms with Gasteiger partial charge in [0.25, 0.3) is 5.91 Å². The van der Waals surface area contributed by atoms with Crippen molar-refractivity contribution in [2.75, 3.05) is 18.1 Å². The van der Waals surface area contributed by atoms with Crippen molar-refractivity contribution in [3.8, 4) is 0 Å². The summed E-state index contributed by atoms with van der Waals surface area (Å²) in [6.07, 6.45) is 1.85. The van der Waals surface area contributed by atoms with Gasteiger partial charge in [-0.25, -0.2) is 8.42 Å². The second-order valence-corrected chi connectivity index (χ2v) is 9.38. The van der Waals surface area contributed by atoms with Crippen molar-refractivity contribution in [3.63, 3.8) is 0 Å². The molecule has 0 bridgehead atoms. The van der Waals surface area contributed by atoms with Crippen molar-refractivity contribution in [1.82, 2.24) is 9.62 Å². The first-order chi connectivity index (χ1) is 14.1. The number of amides is 2. The molecular weight excluding hydrogens is 402 g/mol. The number of carbonyl (C=O) groups is 2. The van der Waals surface area contributed by atoms with Crippen LogP contribution < -0.4 is 10.6 Å². The number of aryl methyl sites for hydroxylation is 1. The van der Waals surface area contributed by atoms with E-state index in [4.69, 9.17) is 0 Å². The Labute approximate surface area is 178 Å². The maximum Gasteiger partial charge on any atom is 0.253 e. The lowest BCUT2D eigenvalue weighted by Gasteiger charge is -2.20. The third-order valence-electron chi connectivity index (χ3n) is 4.70. The fraction of sp³-hybridized carbons (Fsp3) is 0.364. The Bertz CT molecular complexity index is 988. The summed E-state index contributed by atoms with van der Waals surface area (Å²) in [6, 6.07) is 14.1. The van der Waals surface area contributed by atoms with Gasteiger partial charge in [0.05, 0.1) is 24.1 Å². The van der Waals surface area contributed by atoms with Crippen LogP contribution in [0.25, 0.3) is 0 Å². The molecule has 0 fully saturated rings. The quantitative estimate of drug-likeness (QED) is 0.638. The molecule has 0 aliphatic carbocycles. The molecule has 30 heavy (non-hydrogen) atoms. The predicted molar refractivity (Wildman–Crippen MR) is 119 cm³/mol. The number of nitrogens with one attached hydrogen (secondary N) is 2. The maximum atomic E-state index is 12.6. The Hall–Kier alpha value is -2.71. The van der Waals surface area contributed by atoms with Gasteiger partial charge in [0.15, 0.2) is 0 Å². The molecule has 0 spiro atoms. The van der Waals surface area contributed by atoms with Gasteiger partial charge in [0.1, 0.15) is 0 Å². The molecule has 0 radical (unpaired) electrons. The molecule has 2 aromatic rings. The normalized spacial score (nSPS) is 12.4. The van der Waals surface area contributed by atoms with E-state index in [0.29, 0.717) is 11.3 Å². The Morgan fingerprint density at radius 2 is 1.70 bits per heavy atom. The molecule has 1 unspecified atom stereocenters. The lowest BCUT2D eigenvalue weighted by atomic mass is 10.1. The molecular formula is C22H29N3O4S. The van der Waals surface area contributed by atoms with Crippen molar-refractivity contribution in [2.45, 2.75) is 39.8 Å². The number of hydrogen-bond acceptors (Lipinski definition) is 4. The summed E-state index contributed by atoms with van der Waals surface area (Å²) in [5.41, 5.74) is 2.52. The SMILES string of the molecule is CCC(C)NC(=O)c1ccccc1NC(=O)CN(Cc1ccc(C)cc1)S(C)(=O)=O. The highest BCUT2D eigenvalue weighted by Crippen LogP contribution is 2.16. The van der Waals surface area contributed by atoms with Crippen LogP contribution in [0.3, 0.4) is 0 Å². The number of sulfonamides is 1. The van der Waals surface area contributed by atoms with Crippen LogP contribution in [0, 0.1) is 6.92 Å². The molecule has 0 aliphatic rings. The van der Waals surface area contributed by atoms with E-state index in [-0.39, 0.29) is 25.0 Å². The molecule has 0 saturated carbocycles. The predicted octanol–water partition coefficient (Wildman–Crippen LogP) is 2.92. The van der Waals surface area contributed by atoms with Crippen molar-refractivity contribution in [3.05, 3.63) is 65.2 Å². The number of nitrogens with zero attached hydrogens (tertiary/aromatic N) is 1. The van der Waals surface area contributed by atoms with Crippen LogP contribution in [-0.4, -0.2) is 43.4 Å². The first kappa shape index (κ1) is 23.6. The van der Waals surface area contributed by atoms with E-state index < -0.39 is 15.9 Å². The molecule has 162 valence electrons. The van der Waals surface area contributed by atoms with Crippen LogP contribution in [0.4, 0.5) is 5.69 Å². The number of benzene rings is 2. The second kappa shape index (κ2) is 10.4. The Morgan fingerprint density at radius 1 is 1.07 bits per heavy atom. The van der Waals surface area contributed by atoms with E-state index in [1.165, 1.54) is 0 Å². The first-order valence-electron chi connectivity index (χ1n) is 9.80. The summed E-state index contributed by atoms with van der Waals surface area (Å²) < 4.78 is 25.5. The zero-order chi connectivity index (χ0) is 22.3. The lowest BCUT2D eigenvalue weighted by Crippen LogP contribution is -2.37. The molecule has 0 saturated heterocycles. The molecule has 2 rings (SSSR count). The van der Waals surface area contributed by atoms with Crippen molar-refractivity contribution in [2.24, 2.45) is 0 Å². The number of carbonyl (C=O) groups excluding carboxylic acids is 2. The Kier molecular flexibility index (Phi) is 8.14. The van der Waals surface area contributed by atoms with Crippen LogP contribution >= 0.6 is 0 Å². The van der Waals surface area contributed by atoms with Gasteiger partial charge in [-0.2, -0.15) is 4.31 Å². The molecule has 0 aromatic heterocycles. The van der Waals surface area contributed by atoms with E-state index in [1.807, 2.05) is 45.0 Å². The van der Waals surface area contributed by atoms with Gasteiger partial charge in [-0.05, 0) is 38.0 Å². The molecule has 2 N–H and O–H groups in total. The molecule has 7 nitrogen and oxygen atoms in total. The average Bonchev–Trinajstić information content (AvgIpc) is 2.68. The third-order valence-corrected chi connectivity index (χ3v) is 5.90. The number of rotatable bonds is 9. The summed E-state index contributed by atoms with van der Waals surface area (Å²) in [7, 11) is -3.61. The van der Waals surface area contributed by atoms with Crippen molar-refractivity contribution >= 4 is 27.5 Å². The Morgan fingerprint density at radius 3 is 2.30 bits per heavy atom. The largest absolute Gasteiger partial charge is 0.350 e. The van der Waals surface area contributed by atoms with E-state index in [9.17, 15) is 18.0 Å². The summed E-state index contributed by atoms with van der Waals surface area (Å²) in [5, 5.41) is 5.54. The van der Waals surface area contributed by atoms with E-state index in [1.54, 1.807) is 24.3 Å². The van der Waals surface area contributed by atoms with E-state index in [0.717, 1.165) is 28.1 Å². The van der Waals surface area contributed by atoms with E-state index in [2.05, 4.69) is 10.6 Å². The topological polar surface area (TPSA) is 95.6 Å². The summed E-state index contributed by atoms with van der Waals surface area (Å²) >= 11 is 0. The Balaban J connectivity index is 2.14. The summed E-state index contributed by atoms with van der Waals surface area (Å²) in [4.78, 5) is 25.1. The minimum atomic E-state index is -3.61. The zero-order valence-electron chi connectivity index (χ0n) is 17.8. The summed E-state index contributed by atoms with van der Waals surface area (Å²) in [5.74, 6) is -0.809. The molecule has 2 aromatic carbocycles. The second-order valence-electron chi connectivity index (χ2n) is 7.39. The van der Waals surface area contributed by atoms with Gasteiger partial charge in [0.2, 0.25) is 15.9 Å². The standard InChI is InChI=1S/C22H29N3O4S/c1-5-17(3)23-22(27)19-8-6-7-9-20(19)24-21(26)15-25(30(4,28)29)14-18-12-10-16(2)11-13-18/h6-13,17H,5,14-15H2,1-4H3,(H,23,27)(H,24,26). The molecule has 8 heteroatoms. The highest BCUT2D eigenvalue weighted by molar-refractivity contribution is 7.88. The maximum absolute atomic E-state index is 12.6. The van der Waals surface area contributed by atoms with Crippen LogP contribution in [0.1, 0.15) is 41.8 Å². The number of anilines is 1. The van der Waals surface area contributed by atoms with Gasteiger partial charge < -0.3 is 10.6 Å². The molecule has 1 atom stereocenters. The first-order valence-corrected chi connectivity index (χ1v) is 11.7. The lowest BCUT2D eigenvalue weighted by molar-refractivity contribution is -0.116. The zero-order valence-corrected chi connectivity index (χ0v) is 18.6. The smallest absolute Gasteiger partial charge is 0.253 e. The van der Waals surface area contributed by atoms with Crippen LogP contribution in [0.5, 0.6) is 0 Å². The minimum absolute atomic E-state index is 0.00325. The van der Waals surface area contributed by atoms with Crippen LogP contribution in [0.2, 0.25) is 0 Å². The van der Waals surface area contributed by atoms with Crippen molar-refractivity contribution < 1.29 is 18.0 Å². The number of hydrogen-bond donors (Lipinski definition) is 2.